The molecule has 2 aromatic rings. The number of fused-ring (bicyclic) bond motifs is 1. The molecular weight excluding hydrogens is 318 g/mol. The van der Waals surface area contributed by atoms with Crippen LogP contribution in [0.3, 0.4) is 0 Å². The fraction of sp³-hybridized carbons (Fsp3) is 0.467. The SMILES string of the molecule is COCCn1c(=NC(=O)C(C)(C)C)sc2cc([N+](=O)[O-])ccc21. The van der Waals surface area contributed by atoms with Gasteiger partial charge in [-0.2, -0.15) is 4.99 Å². The predicted molar refractivity (Wildman–Crippen MR) is 88.4 cm³/mol. The number of aromatic nitrogens is 1. The molecule has 0 spiro atoms. The highest BCUT2D eigenvalue weighted by molar-refractivity contribution is 7.16. The number of ether oxygens (including phenoxy) is 1. The summed E-state index contributed by atoms with van der Waals surface area (Å²) in [4.78, 5) is 27.4. The maximum absolute atomic E-state index is 12.2. The fourth-order valence-electron chi connectivity index (χ4n) is 1.91. The first-order valence-corrected chi connectivity index (χ1v) is 7.91. The highest BCUT2D eigenvalue weighted by Crippen LogP contribution is 2.23. The highest BCUT2D eigenvalue weighted by Gasteiger charge is 2.21. The van der Waals surface area contributed by atoms with Crippen molar-refractivity contribution in [3.63, 3.8) is 0 Å². The summed E-state index contributed by atoms with van der Waals surface area (Å²) < 4.78 is 7.68. The molecule has 0 saturated carbocycles. The Morgan fingerprint density at radius 1 is 1.43 bits per heavy atom. The highest BCUT2D eigenvalue weighted by atomic mass is 32.1. The van der Waals surface area contributed by atoms with Crippen molar-refractivity contribution in [1.29, 1.82) is 0 Å². The third kappa shape index (κ3) is 3.83. The number of rotatable bonds is 4. The third-order valence-corrected chi connectivity index (χ3v) is 4.28. The van der Waals surface area contributed by atoms with Crippen molar-refractivity contribution in [2.45, 2.75) is 27.3 Å². The van der Waals surface area contributed by atoms with Crippen LogP contribution in [-0.2, 0) is 16.1 Å². The number of nitro groups is 1. The second-order valence-electron chi connectivity index (χ2n) is 6.11. The van der Waals surface area contributed by atoms with Gasteiger partial charge in [0.25, 0.3) is 11.6 Å². The molecule has 0 aliphatic heterocycles. The van der Waals surface area contributed by atoms with Gasteiger partial charge in [0.15, 0.2) is 4.80 Å². The molecule has 124 valence electrons. The van der Waals surface area contributed by atoms with Crippen LogP contribution in [0.5, 0.6) is 0 Å². The molecule has 7 nitrogen and oxygen atoms in total. The first-order chi connectivity index (χ1) is 10.7. The fourth-order valence-corrected chi connectivity index (χ4v) is 3.00. The number of hydrogen-bond acceptors (Lipinski definition) is 5. The number of nitrogens with zero attached hydrogens (tertiary/aromatic N) is 3. The number of non-ortho nitro benzene ring substituents is 1. The van der Waals surface area contributed by atoms with Crippen molar-refractivity contribution in [3.05, 3.63) is 33.1 Å². The maximum atomic E-state index is 12.2. The topological polar surface area (TPSA) is 86.7 Å². The minimum atomic E-state index is -0.582. The van der Waals surface area contributed by atoms with Crippen LogP contribution in [0.1, 0.15) is 20.8 Å². The Labute approximate surface area is 137 Å². The van der Waals surface area contributed by atoms with E-state index in [1.54, 1.807) is 33.9 Å². The monoisotopic (exact) mass is 337 g/mol. The molecule has 0 N–H and O–H groups in total. The molecule has 0 fully saturated rings. The minimum absolute atomic E-state index is 0.0198. The van der Waals surface area contributed by atoms with Crippen LogP contribution >= 0.6 is 11.3 Å². The number of methoxy groups -OCH3 is 1. The lowest BCUT2D eigenvalue weighted by Crippen LogP contribution is -2.24. The van der Waals surface area contributed by atoms with E-state index in [9.17, 15) is 14.9 Å². The molecule has 0 bridgehead atoms. The number of amides is 1. The van der Waals surface area contributed by atoms with Gasteiger partial charge in [-0.1, -0.05) is 32.1 Å². The second kappa shape index (κ2) is 6.59. The van der Waals surface area contributed by atoms with E-state index >= 15 is 0 Å². The van der Waals surface area contributed by atoms with Crippen LogP contribution in [0.15, 0.2) is 23.2 Å². The smallest absolute Gasteiger partial charge is 0.270 e. The zero-order valence-corrected chi connectivity index (χ0v) is 14.3. The number of hydrogen-bond donors (Lipinski definition) is 0. The lowest BCUT2D eigenvalue weighted by molar-refractivity contribution is -0.384. The van der Waals surface area contributed by atoms with Crippen LogP contribution in [-0.4, -0.2) is 29.1 Å². The van der Waals surface area contributed by atoms with E-state index in [-0.39, 0.29) is 11.6 Å². The van der Waals surface area contributed by atoms with E-state index < -0.39 is 10.3 Å². The molecule has 1 aromatic carbocycles. The van der Waals surface area contributed by atoms with Crippen molar-refractivity contribution < 1.29 is 14.5 Å². The Bertz CT molecular complexity index is 814. The van der Waals surface area contributed by atoms with Gasteiger partial charge < -0.3 is 9.30 Å². The number of thiazole rings is 1. The van der Waals surface area contributed by atoms with Crippen LogP contribution in [0.2, 0.25) is 0 Å². The van der Waals surface area contributed by atoms with Gasteiger partial charge >= 0.3 is 0 Å². The van der Waals surface area contributed by atoms with Gasteiger partial charge in [0.05, 0.1) is 21.7 Å². The van der Waals surface area contributed by atoms with E-state index in [0.29, 0.717) is 18.0 Å². The van der Waals surface area contributed by atoms with E-state index in [1.165, 1.54) is 23.5 Å². The van der Waals surface area contributed by atoms with E-state index in [2.05, 4.69) is 4.99 Å². The Balaban J connectivity index is 2.64. The Kier molecular flexibility index (Phi) is 4.96. The summed E-state index contributed by atoms with van der Waals surface area (Å²) in [6, 6.07) is 4.64. The van der Waals surface area contributed by atoms with Crippen molar-refractivity contribution in [2.75, 3.05) is 13.7 Å². The third-order valence-electron chi connectivity index (χ3n) is 3.23. The molecule has 1 amide bonds. The number of carbonyl (C=O) groups excluding carboxylic acids is 1. The summed E-state index contributed by atoms with van der Waals surface area (Å²) in [6.45, 7) is 6.38. The lowest BCUT2D eigenvalue weighted by Gasteiger charge is -2.12. The molecule has 0 atom stereocenters. The molecule has 0 saturated heterocycles. The summed E-state index contributed by atoms with van der Waals surface area (Å²) >= 11 is 1.27. The van der Waals surface area contributed by atoms with Gasteiger partial charge in [-0.05, 0) is 6.07 Å². The van der Waals surface area contributed by atoms with Crippen molar-refractivity contribution in [1.82, 2.24) is 4.57 Å². The normalized spacial score (nSPS) is 12.8. The Morgan fingerprint density at radius 3 is 2.70 bits per heavy atom. The molecular formula is C15H19N3O4S. The minimum Gasteiger partial charge on any atom is -0.383 e. The van der Waals surface area contributed by atoms with Gasteiger partial charge in [-0.3, -0.25) is 14.9 Å². The van der Waals surface area contributed by atoms with E-state index in [1.807, 2.05) is 4.57 Å². The van der Waals surface area contributed by atoms with Crippen molar-refractivity contribution >= 4 is 33.1 Å². The summed E-state index contributed by atoms with van der Waals surface area (Å²) in [5.41, 5.74) is 0.241. The van der Waals surface area contributed by atoms with Crippen molar-refractivity contribution in [2.24, 2.45) is 10.4 Å². The summed E-state index contributed by atoms with van der Waals surface area (Å²) in [5.74, 6) is -0.232. The first kappa shape index (κ1) is 17.3. The van der Waals surface area contributed by atoms with Gasteiger partial charge in [0, 0.05) is 31.2 Å². The number of nitro benzene ring substituents is 1. The van der Waals surface area contributed by atoms with Crippen LogP contribution in [0, 0.1) is 15.5 Å². The van der Waals surface area contributed by atoms with E-state index in [4.69, 9.17) is 4.74 Å². The summed E-state index contributed by atoms with van der Waals surface area (Å²) in [7, 11) is 1.59. The molecule has 2 rings (SSSR count). The average molecular weight is 337 g/mol. The Hall–Kier alpha value is -2.06. The quantitative estimate of drug-likeness (QED) is 0.634. The van der Waals surface area contributed by atoms with Gasteiger partial charge in [0.1, 0.15) is 0 Å². The maximum Gasteiger partial charge on any atom is 0.270 e. The standard InChI is InChI=1S/C15H19N3O4S/c1-15(2,3)13(19)16-14-17(7-8-22-4)11-6-5-10(18(20)21)9-12(11)23-14/h5-6,9H,7-8H2,1-4H3. The number of carbonyl (C=O) groups is 1. The Morgan fingerprint density at radius 2 is 2.13 bits per heavy atom. The van der Waals surface area contributed by atoms with E-state index in [0.717, 1.165) is 10.2 Å². The zero-order valence-electron chi connectivity index (χ0n) is 13.5. The molecule has 8 heteroatoms. The molecule has 23 heavy (non-hydrogen) atoms. The number of benzene rings is 1. The molecule has 1 heterocycles. The van der Waals surface area contributed by atoms with Crippen LogP contribution in [0.4, 0.5) is 5.69 Å². The first-order valence-electron chi connectivity index (χ1n) is 7.10. The van der Waals surface area contributed by atoms with Gasteiger partial charge in [-0.25, -0.2) is 0 Å². The van der Waals surface area contributed by atoms with Crippen molar-refractivity contribution in [3.8, 4) is 0 Å². The van der Waals surface area contributed by atoms with Crippen LogP contribution < -0.4 is 4.80 Å². The molecule has 0 radical (unpaired) electrons. The zero-order chi connectivity index (χ0) is 17.2. The molecule has 0 unspecified atom stereocenters. The predicted octanol–water partition coefficient (Wildman–Crippen LogP) is 2.73. The van der Waals surface area contributed by atoms with Crippen LogP contribution in [0.25, 0.3) is 10.2 Å². The summed E-state index contributed by atoms with van der Waals surface area (Å²) in [6.07, 6.45) is 0. The molecule has 1 aromatic heterocycles. The van der Waals surface area contributed by atoms with Gasteiger partial charge in [-0.15, -0.1) is 0 Å². The average Bonchev–Trinajstić information content (AvgIpc) is 2.80. The largest absolute Gasteiger partial charge is 0.383 e. The molecule has 0 aliphatic carbocycles. The summed E-state index contributed by atoms with van der Waals surface area (Å²) in [5, 5.41) is 10.9. The lowest BCUT2D eigenvalue weighted by atomic mass is 9.96. The second-order valence-corrected chi connectivity index (χ2v) is 7.11. The molecule has 0 aliphatic rings. The van der Waals surface area contributed by atoms with Gasteiger partial charge in [0.2, 0.25) is 0 Å².